The number of nitrogens with one attached hydrogen (secondary N) is 1. The molecular weight excluding hydrogens is 285 g/mol. The minimum absolute atomic E-state index is 0.0424. The van der Waals surface area contributed by atoms with Gasteiger partial charge in [0.15, 0.2) is 0 Å². The zero-order valence-electron chi connectivity index (χ0n) is 12.9. The number of hydrogen-bond donors (Lipinski definition) is 1. The third-order valence-electron chi connectivity index (χ3n) is 4.19. The molecule has 0 saturated heterocycles. The Morgan fingerprint density at radius 2 is 2.14 bits per heavy atom. The first-order valence-corrected chi connectivity index (χ1v) is 7.34. The second-order valence-electron chi connectivity index (χ2n) is 5.70. The monoisotopic (exact) mass is 310 g/mol. The highest BCUT2D eigenvalue weighted by Crippen LogP contribution is 2.32. The van der Waals surface area contributed by atoms with E-state index in [1.807, 2.05) is 6.92 Å². The lowest BCUT2D eigenvalue weighted by Crippen LogP contribution is -2.58. The Morgan fingerprint density at radius 1 is 1.48 bits per heavy atom. The summed E-state index contributed by atoms with van der Waals surface area (Å²) in [6.45, 7) is 2.48. The molecular formula is C14H25F3N2O2. The predicted molar refractivity (Wildman–Crippen MR) is 74.0 cm³/mol. The molecule has 1 fully saturated rings. The fourth-order valence-corrected chi connectivity index (χ4v) is 3.06. The van der Waals surface area contributed by atoms with Gasteiger partial charge in [-0.3, -0.25) is 4.79 Å². The van der Waals surface area contributed by atoms with Crippen LogP contribution in [0.4, 0.5) is 13.2 Å². The Kier molecular flexibility index (Phi) is 6.46. The molecule has 124 valence electrons. The van der Waals surface area contributed by atoms with E-state index in [2.05, 4.69) is 5.32 Å². The summed E-state index contributed by atoms with van der Waals surface area (Å²) in [4.78, 5) is 13.8. The normalized spacial score (nSPS) is 26.9. The smallest absolute Gasteiger partial charge is 0.390 e. The van der Waals surface area contributed by atoms with Gasteiger partial charge in [-0.1, -0.05) is 6.92 Å². The maximum Gasteiger partial charge on any atom is 0.390 e. The van der Waals surface area contributed by atoms with Crippen molar-refractivity contribution in [2.24, 2.45) is 0 Å². The van der Waals surface area contributed by atoms with Crippen LogP contribution in [0.15, 0.2) is 0 Å². The number of alkyl halides is 3. The number of rotatable bonds is 6. The van der Waals surface area contributed by atoms with Gasteiger partial charge < -0.3 is 15.0 Å². The molecule has 0 spiro atoms. The lowest BCUT2D eigenvalue weighted by Gasteiger charge is -2.42. The Labute approximate surface area is 124 Å². The molecule has 1 N–H and O–H groups in total. The highest BCUT2D eigenvalue weighted by atomic mass is 19.4. The fraction of sp³-hybridized carbons (Fsp3) is 0.929. The lowest BCUT2D eigenvalue weighted by atomic mass is 9.78. The van der Waals surface area contributed by atoms with Gasteiger partial charge in [0.2, 0.25) is 0 Å². The van der Waals surface area contributed by atoms with Gasteiger partial charge in [0, 0.05) is 12.6 Å². The van der Waals surface area contributed by atoms with Crippen molar-refractivity contribution in [2.75, 3.05) is 27.2 Å². The molecule has 0 aromatic heterocycles. The van der Waals surface area contributed by atoms with Gasteiger partial charge in [-0.05, 0) is 39.3 Å². The van der Waals surface area contributed by atoms with Crippen molar-refractivity contribution < 1.29 is 22.7 Å². The summed E-state index contributed by atoms with van der Waals surface area (Å²) >= 11 is 0. The van der Waals surface area contributed by atoms with Gasteiger partial charge >= 0.3 is 12.1 Å². The Bertz CT molecular complexity index is 346. The molecule has 0 aromatic rings. The van der Waals surface area contributed by atoms with E-state index in [0.29, 0.717) is 19.4 Å². The number of hydrogen-bond acceptors (Lipinski definition) is 4. The van der Waals surface area contributed by atoms with E-state index < -0.39 is 18.1 Å². The predicted octanol–water partition coefficient (Wildman–Crippen LogP) is 2.33. The van der Waals surface area contributed by atoms with E-state index in [1.54, 1.807) is 11.9 Å². The molecule has 0 aromatic carbocycles. The van der Waals surface area contributed by atoms with Crippen molar-refractivity contribution in [2.45, 2.75) is 56.8 Å². The Hall–Kier alpha value is -0.820. The van der Waals surface area contributed by atoms with Crippen molar-refractivity contribution >= 4 is 5.97 Å². The summed E-state index contributed by atoms with van der Waals surface area (Å²) in [6.07, 6.45) is -2.23. The minimum atomic E-state index is -4.15. The number of halogens is 3. The number of nitrogens with zero attached hydrogens (tertiary/aromatic N) is 1. The van der Waals surface area contributed by atoms with Crippen LogP contribution in [-0.2, 0) is 9.53 Å². The van der Waals surface area contributed by atoms with Crippen molar-refractivity contribution in [3.63, 3.8) is 0 Å². The second-order valence-corrected chi connectivity index (χ2v) is 5.70. The first kappa shape index (κ1) is 18.2. The number of esters is 1. The molecule has 21 heavy (non-hydrogen) atoms. The third kappa shape index (κ3) is 5.14. The SMILES string of the molecule is CCNC1(C(=O)OC)CCCC(N(C)CCC(F)(F)F)C1. The minimum Gasteiger partial charge on any atom is -0.468 e. The van der Waals surface area contributed by atoms with E-state index in [0.717, 1.165) is 12.8 Å². The second kappa shape index (κ2) is 7.45. The van der Waals surface area contributed by atoms with Crippen molar-refractivity contribution in [1.29, 1.82) is 0 Å². The molecule has 7 heteroatoms. The lowest BCUT2D eigenvalue weighted by molar-refractivity contribution is -0.152. The van der Waals surface area contributed by atoms with Gasteiger partial charge in [-0.25, -0.2) is 0 Å². The van der Waals surface area contributed by atoms with Gasteiger partial charge in [0.05, 0.1) is 13.5 Å². The van der Waals surface area contributed by atoms with Crippen LogP contribution in [0.2, 0.25) is 0 Å². The topological polar surface area (TPSA) is 41.6 Å². The van der Waals surface area contributed by atoms with E-state index in [-0.39, 0.29) is 18.6 Å². The summed E-state index contributed by atoms with van der Waals surface area (Å²) in [5.74, 6) is -0.321. The molecule has 0 heterocycles. The molecule has 4 nitrogen and oxygen atoms in total. The molecule has 0 amide bonds. The Morgan fingerprint density at radius 3 is 2.67 bits per heavy atom. The van der Waals surface area contributed by atoms with Gasteiger partial charge in [0.1, 0.15) is 5.54 Å². The average molecular weight is 310 g/mol. The molecule has 0 radical (unpaired) electrons. The first-order valence-electron chi connectivity index (χ1n) is 7.34. The highest BCUT2D eigenvalue weighted by molar-refractivity contribution is 5.81. The number of methoxy groups -OCH3 is 1. The standard InChI is InChI=1S/C14H25F3N2O2/c1-4-18-13(12(20)21-3)7-5-6-11(10-13)19(2)9-8-14(15,16)17/h11,18H,4-10H2,1-3H3. The summed E-state index contributed by atoms with van der Waals surface area (Å²) in [5.41, 5.74) is -0.765. The maximum atomic E-state index is 12.3. The number of carbonyl (C=O) groups is 1. The summed E-state index contributed by atoms with van der Waals surface area (Å²) in [7, 11) is 3.04. The zero-order valence-corrected chi connectivity index (χ0v) is 12.9. The van der Waals surface area contributed by atoms with E-state index in [9.17, 15) is 18.0 Å². The molecule has 1 aliphatic rings. The van der Waals surface area contributed by atoms with Crippen LogP contribution in [0, 0.1) is 0 Å². The summed E-state index contributed by atoms with van der Waals surface area (Å²) < 4.78 is 41.9. The van der Waals surface area contributed by atoms with E-state index >= 15 is 0 Å². The number of carbonyl (C=O) groups excluding carboxylic acids is 1. The number of ether oxygens (including phenoxy) is 1. The highest BCUT2D eigenvalue weighted by Gasteiger charge is 2.44. The van der Waals surface area contributed by atoms with Crippen LogP contribution in [0.5, 0.6) is 0 Å². The van der Waals surface area contributed by atoms with Crippen LogP contribution in [-0.4, -0.2) is 55.9 Å². The molecule has 1 saturated carbocycles. The van der Waals surface area contributed by atoms with Crippen molar-refractivity contribution in [1.82, 2.24) is 10.2 Å². The zero-order chi connectivity index (χ0) is 16.1. The largest absolute Gasteiger partial charge is 0.468 e. The van der Waals surface area contributed by atoms with Gasteiger partial charge in [0.25, 0.3) is 0 Å². The average Bonchev–Trinajstić information content (AvgIpc) is 2.43. The summed E-state index contributed by atoms with van der Waals surface area (Å²) in [5, 5.41) is 3.18. The number of likely N-dealkylation sites (N-methyl/N-ethyl adjacent to an activating group) is 1. The van der Waals surface area contributed by atoms with Crippen LogP contribution >= 0.6 is 0 Å². The van der Waals surface area contributed by atoms with E-state index in [1.165, 1.54) is 7.11 Å². The molecule has 2 atom stereocenters. The van der Waals surface area contributed by atoms with Crippen molar-refractivity contribution in [3.05, 3.63) is 0 Å². The van der Waals surface area contributed by atoms with Crippen LogP contribution in [0.25, 0.3) is 0 Å². The quantitative estimate of drug-likeness (QED) is 0.765. The molecule has 0 bridgehead atoms. The molecule has 1 rings (SSSR count). The first-order chi connectivity index (χ1) is 9.74. The Balaban J connectivity index is 2.70. The molecule has 1 aliphatic carbocycles. The van der Waals surface area contributed by atoms with Crippen LogP contribution < -0.4 is 5.32 Å². The molecule has 0 aliphatic heterocycles. The third-order valence-corrected chi connectivity index (χ3v) is 4.19. The van der Waals surface area contributed by atoms with Gasteiger partial charge in [-0.15, -0.1) is 0 Å². The summed E-state index contributed by atoms with van der Waals surface area (Å²) in [6, 6.07) is -0.0424. The van der Waals surface area contributed by atoms with Crippen LogP contribution in [0.1, 0.15) is 39.0 Å². The maximum absolute atomic E-state index is 12.3. The molecule has 2 unspecified atom stereocenters. The van der Waals surface area contributed by atoms with Crippen LogP contribution in [0.3, 0.4) is 0 Å². The fourth-order valence-electron chi connectivity index (χ4n) is 3.06. The van der Waals surface area contributed by atoms with Crippen molar-refractivity contribution in [3.8, 4) is 0 Å². The van der Waals surface area contributed by atoms with E-state index in [4.69, 9.17) is 4.74 Å². The van der Waals surface area contributed by atoms with Gasteiger partial charge in [-0.2, -0.15) is 13.2 Å².